The zero-order valence-corrected chi connectivity index (χ0v) is 18.5. The fraction of sp³-hybridized carbons (Fsp3) is 0.409. The fourth-order valence-electron chi connectivity index (χ4n) is 3.39. The van der Waals surface area contributed by atoms with Crippen LogP contribution in [0.3, 0.4) is 0 Å². The molecule has 1 amide bonds. The Balaban J connectivity index is 2.29. The molecule has 2 rings (SSSR count). The Bertz CT molecular complexity index is 983. The summed E-state index contributed by atoms with van der Waals surface area (Å²) in [6, 6.07) is 10.4. The van der Waals surface area contributed by atoms with Crippen LogP contribution < -0.4 is 9.62 Å². The van der Waals surface area contributed by atoms with Gasteiger partial charge in [0.05, 0.1) is 18.0 Å². The van der Waals surface area contributed by atoms with Crippen molar-refractivity contribution in [3.8, 4) is 0 Å². The van der Waals surface area contributed by atoms with Gasteiger partial charge >= 0.3 is 0 Å². The Morgan fingerprint density at radius 2 is 1.57 bits per heavy atom. The Morgan fingerprint density at radius 3 is 2.11 bits per heavy atom. The lowest BCUT2D eigenvalue weighted by Gasteiger charge is -2.30. The first-order valence-corrected chi connectivity index (χ1v) is 11.2. The van der Waals surface area contributed by atoms with E-state index in [9.17, 15) is 13.2 Å². The molecule has 0 spiro atoms. The summed E-state index contributed by atoms with van der Waals surface area (Å²) in [7, 11) is -3.63. The number of anilines is 1. The second-order valence-electron chi connectivity index (χ2n) is 7.59. The van der Waals surface area contributed by atoms with E-state index < -0.39 is 16.1 Å². The van der Waals surface area contributed by atoms with Gasteiger partial charge in [-0.2, -0.15) is 0 Å². The van der Waals surface area contributed by atoms with Gasteiger partial charge in [-0.25, -0.2) is 8.42 Å². The molecule has 5 nitrogen and oxygen atoms in total. The summed E-state index contributed by atoms with van der Waals surface area (Å²) < 4.78 is 26.1. The smallest absolute Gasteiger partial charge is 0.244 e. The van der Waals surface area contributed by atoms with E-state index in [2.05, 4.69) is 11.4 Å². The normalized spacial score (nSPS) is 13.7. The summed E-state index contributed by atoms with van der Waals surface area (Å²) in [4.78, 5) is 12.9. The summed E-state index contributed by atoms with van der Waals surface area (Å²) in [6.07, 6.45) is 1.12. The molecule has 0 saturated carbocycles. The SMILES string of the molecule is Cc1ccc([C@@H](C)NC(=O)[C@@H](C)N(c2ccc(C)c(C)c2)S(C)(=O)=O)c(C)c1. The van der Waals surface area contributed by atoms with Crippen LogP contribution >= 0.6 is 0 Å². The van der Waals surface area contributed by atoms with Gasteiger partial charge in [0.25, 0.3) is 0 Å². The van der Waals surface area contributed by atoms with Crippen molar-refractivity contribution < 1.29 is 13.2 Å². The Morgan fingerprint density at radius 1 is 0.929 bits per heavy atom. The van der Waals surface area contributed by atoms with E-state index in [-0.39, 0.29) is 11.9 Å². The van der Waals surface area contributed by atoms with E-state index in [1.165, 1.54) is 4.31 Å². The Kier molecular flexibility index (Phi) is 6.55. The van der Waals surface area contributed by atoms with Gasteiger partial charge in [0.1, 0.15) is 6.04 Å². The molecule has 0 heterocycles. The Labute approximate surface area is 168 Å². The third kappa shape index (κ3) is 4.93. The molecule has 2 atom stereocenters. The average Bonchev–Trinajstić information content (AvgIpc) is 2.56. The van der Waals surface area contributed by atoms with Crippen molar-refractivity contribution in [2.24, 2.45) is 0 Å². The molecule has 1 N–H and O–H groups in total. The van der Waals surface area contributed by atoms with E-state index in [1.807, 2.05) is 52.8 Å². The average molecular weight is 403 g/mol. The first kappa shape index (κ1) is 22.0. The predicted octanol–water partition coefficient (Wildman–Crippen LogP) is 3.95. The first-order chi connectivity index (χ1) is 12.9. The van der Waals surface area contributed by atoms with Gasteiger partial charge in [-0.15, -0.1) is 0 Å². The monoisotopic (exact) mass is 402 g/mol. The van der Waals surface area contributed by atoms with Gasteiger partial charge in [-0.05, 0) is 75.9 Å². The van der Waals surface area contributed by atoms with Crippen LogP contribution in [0.25, 0.3) is 0 Å². The van der Waals surface area contributed by atoms with Crippen LogP contribution in [0.5, 0.6) is 0 Å². The van der Waals surface area contributed by atoms with Crippen LogP contribution in [0.1, 0.15) is 47.7 Å². The van der Waals surface area contributed by atoms with Crippen molar-refractivity contribution in [1.82, 2.24) is 5.32 Å². The molecule has 0 aromatic heterocycles. The minimum absolute atomic E-state index is 0.225. The Hall–Kier alpha value is -2.34. The minimum Gasteiger partial charge on any atom is -0.348 e. The molecule has 0 fully saturated rings. The number of benzene rings is 2. The van der Waals surface area contributed by atoms with E-state index >= 15 is 0 Å². The van der Waals surface area contributed by atoms with Gasteiger partial charge in [-0.1, -0.05) is 29.8 Å². The van der Waals surface area contributed by atoms with Crippen molar-refractivity contribution in [2.45, 2.75) is 53.6 Å². The van der Waals surface area contributed by atoms with Crippen LogP contribution in [0, 0.1) is 27.7 Å². The van der Waals surface area contributed by atoms with Crippen LogP contribution in [-0.4, -0.2) is 26.6 Å². The highest BCUT2D eigenvalue weighted by molar-refractivity contribution is 7.92. The zero-order valence-electron chi connectivity index (χ0n) is 17.7. The number of hydrogen-bond donors (Lipinski definition) is 1. The minimum atomic E-state index is -3.63. The van der Waals surface area contributed by atoms with Crippen molar-refractivity contribution in [3.05, 3.63) is 64.2 Å². The summed E-state index contributed by atoms with van der Waals surface area (Å²) in [5, 5.41) is 2.96. The second-order valence-corrected chi connectivity index (χ2v) is 9.45. The highest BCUT2D eigenvalue weighted by Crippen LogP contribution is 2.25. The van der Waals surface area contributed by atoms with Gasteiger partial charge in [0.2, 0.25) is 15.9 Å². The fourth-order valence-corrected chi connectivity index (χ4v) is 4.56. The molecule has 6 heteroatoms. The molecule has 0 aliphatic carbocycles. The maximum atomic E-state index is 12.9. The number of nitrogens with zero attached hydrogens (tertiary/aromatic N) is 1. The van der Waals surface area contributed by atoms with Gasteiger partial charge in [0.15, 0.2) is 0 Å². The van der Waals surface area contributed by atoms with Gasteiger partial charge in [-0.3, -0.25) is 9.10 Å². The summed E-state index contributed by atoms with van der Waals surface area (Å²) in [5.74, 6) is -0.337. The quantitative estimate of drug-likeness (QED) is 0.795. The molecule has 0 aliphatic rings. The lowest BCUT2D eigenvalue weighted by molar-refractivity contribution is -0.122. The summed E-state index contributed by atoms with van der Waals surface area (Å²) in [6.45, 7) is 11.4. The number of rotatable bonds is 6. The number of hydrogen-bond acceptors (Lipinski definition) is 3. The molecule has 0 aliphatic heterocycles. The standard InChI is InChI=1S/C22H30N2O3S/c1-14-8-11-21(17(4)12-14)18(5)23-22(25)19(6)24(28(7,26)27)20-10-9-15(2)16(3)13-20/h8-13,18-19H,1-7H3,(H,23,25)/t18-,19-/m1/s1. The number of aryl methyl sites for hydroxylation is 4. The topological polar surface area (TPSA) is 66.5 Å². The number of amides is 1. The number of carbonyl (C=O) groups is 1. The van der Waals surface area contributed by atoms with Crippen LogP contribution in [-0.2, 0) is 14.8 Å². The molecule has 0 radical (unpaired) electrons. The van der Waals surface area contributed by atoms with Crippen molar-refractivity contribution in [3.63, 3.8) is 0 Å². The van der Waals surface area contributed by atoms with E-state index in [0.29, 0.717) is 5.69 Å². The predicted molar refractivity (Wildman–Crippen MR) is 115 cm³/mol. The third-order valence-corrected chi connectivity index (χ3v) is 6.33. The molecule has 28 heavy (non-hydrogen) atoms. The molecule has 152 valence electrons. The molecule has 0 bridgehead atoms. The summed E-state index contributed by atoms with van der Waals surface area (Å²) >= 11 is 0. The van der Waals surface area contributed by atoms with Gasteiger partial charge in [0, 0.05) is 0 Å². The maximum Gasteiger partial charge on any atom is 0.244 e. The van der Waals surface area contributed by atoms with Crippen molar-refractivity contribution in [2.75, 3.05) is 10.6 Å². The largest absolute Gasteiger partial charge is 0.348 e. The number of carbonyl (C=O) groups excluding carboxylic acids is 1. The number of sulfonamides is 1. The van der Waals surface area contributed by atoms with Crippen LogP contribution in [0.4, 0.5) is 5.69 Å². The van der Waals surface area contributed by atoms with Crippen LogP contribution in [0.2, 0.25) is 0 Å². The van der Waals surface area contributed by atoms with E-state index in [4.69, 9.17) is 0 Å². The highest BCUT2D eigenvalue weighted by atomic mass is 32.2. The van der Waals surface area contributed by atoms with Crippen molar-refractivity contribution >= 4 is 21.6 Å². The van der Waals surface area contributed by atoms with Gasteiger partial charge < -0.3 is 5.32 Å². The second kappa shape index (κ2) is 8.35. The molecular weight excluding hydrogens is 372 g/mol. The lowest BCUT2D eigenvalue weighted by atomic mass is 10.00. The van der Waals surface area contributed by atoms with Crippen LogP contribution in [0.15, 0.2) is 36.4 Å². The molecule has 2 aromatic carbocycles. The number of nitrogens with one attached hydrogen (secondary N) is 1. The van der Waals surface area contributed by atoms with E-state index in [0.717, 1.165) is 34.1 Å². The van der Waals surface area contributed by atoms with E-state index in [1.54, 1.807) is 19.1 Å². The molecular formula is C22H30N2O3S. The zero-order chi connectivity index (χ0) is 21.2. The van der Waals surface area contributed by atoms with Crippen molar-refractivity contribution in [1.29, 1.82) is 0 Å². The lowest BCUT2D eigenvalue weighted by Crippen LogP contribution is -2.48. The molecule has 2 aromatic rings. The summed E-state index contributed by atoms with van der Waals surface area (Å²) in [5.41, 5.74) is 5.80. The molecule has 0 unspecified atom stereocenters. The highest BCUT2D eigenvalue weighted by Gasteiger charge is 2.30. The third-order valence-electron chi connectivity index (χ3n) is 5.08. The molecule has 0 saturated heterocycles. The first-order valence-electron chi connectivity index (χ1n) is 9.36. The maximum absolute atomic E-state index is 12.9.